The molecule has 20 heavy (non-hydrogen) atoms. The summed E-state index contributed by atoms with van der Waals surface area (Å²) in [6.07, 6.45) is 3.53. The van der Waals surface area contributed by atoms with Gasteiger partial charge in [0.15, 0.2) is 0 Å². The molecule has 0 amide bonds. The van der Waals surface area contributed by atoms with Gasteiger partial charge in [0.05, 0.1) is 23.7 Å². The first kappa shape index (κ1) is 13.2. The molecule has 1 atom stereocenters. The van der Waals surface area contributed by atoms with Crippen LogP contribution in [0, 0.1) is 5.92 Å². The van der Waals surface area contributed by atoms with Crippen LogP contribution in [0.1, 0.15) is 12.2 Å². The molecule has 0 saturated carbocycles. The third-order valence-corrected chi connectivity index (χ3v) is 4.01. The Labute approximate surface area is 122 Å². The number of halogens is 1. The summed E-state index contributed by atoms with van der Waals surface area (Å²) in [4.78, 5) is 16.3. The largest absolute Gasteiger partial charge is 0.469 e. The molecule has 2 heterocycles. The summed E-state index contributed by atoms with van der Waals surface area (Å²) in [5.74, 6) is 0.768. The van der Waals surface area contributed by atoms with Crippen molar-refractivity contribution in [2.75, 3.05) is 7.11 Å². The second-order valence-electron chi connectivity index (χ2n) is 4.93. The van der Waals surface area contributed by atoms with Crippen molar-refractivity contribution in [2.24, 2.45) is 5.92 Å². The Morgan fingerprint density at radius 3 is 3.00 bits per heavy atom. The van der Waals surface area contributed by atoms with E-state index in [0.717, 1.165) is 29.9 Å². The molecule has 3 rings (SSSR count). The highest BCUT2D eigenvalue weighted by Gasteiger charge is 2.26. The van der Waals surface area contributed by atoms with Crippen molar-refractivity contribution in [3.05, 3.63) is 41.3 Å². The fourth-order valence-electron chi connectivity index (χ4n) is 2.60. The van der Waals surface area contributed by atoms with Crippen molar-refractivity contribution in [3.63, 3.8) is 0 Å². The van der Waals surface area contributed by atoms with E-state index in [1.54, 1.807) is 0 Å². The molecular formula is C15H15ClN2O2. The molecule has 0 aliphatic carbocycles. The molecule has 1 aromatic heterocycles. The summed E-state index contributed by atoms with van der Waals surface area (Å²) in [6, 6.07) is 7.65. The number of benzene rings is 1. The average molecular weight is 291 g/mol. The zero-order valence-electron chi connectivity index (χ0n) is 11.2. The zero-order valence-corrected chi connectivity index (χ0v) is 11.9. The molecule has 0 bridgehead atoms. The summed E-state index contributed by atoms with van der Waals surface area (Å²) >= 11 is 6.20. The van der Waals surface area contributed by atoms with E-state index in [-0.39, 0.29) is 11.9 Å². The molecule has 1 aliphatic heterocycles. The second kappa shape index (κ2) is 5.29. The lowest BCUT2D eigenvalue weighted by Crippen LogP contribution is -2.27. The number of aryl methyl sites for hydroxylation is 1. The minimum Gasteiger partial charge on any atom is -0.469 e. The number of ether oxygens (including phenoxy) is 1. The Balaban J connectivity index is 1.91. The number of methoxy groups -OCH3 is 1. The molecule has 2 aromatic rings. The molecule has 0 spiro atoms. The first-order valence-corrected chi connectivity index (χ1v) is 6.95. The Hall–Kier alpha value is -1.81. The third kappa shape index (κ3) is 2.31. The van der Waals surface area contributed by atoms with Gasteiger partial charge in [-0.15, -0.1) is 0 Å². The molecule has 1 aliphatic rings. The molecule has 0 fully saturated rings. The third-order valence-electron chi connectivity index (χ3n) is 3.68. The summed E-state index contributed by atoms with van der Waals surface area (Å²) in [7, 11) is 1.43. The summed E-state index contributed by atoms with van der Waals surface area (Å²) in [5, 5.41) is 0.687. The molecule has 5 heteroatoms. The Morgan fingerprint density at radius 1 is 1.45 bits per heavy atom. The van der Waals surface area contributed by atoms with Gasteiger partial charge < -0.3 is 9.30 Å². The van der Waals surface area contributed by atoms with Gasteiger partial charge in [0, 0.05) is 24.7 Å². The van der Waals surface area contributed by atoms with Gasteiger partial charge in [-0.25, -0.2) is 4.98 Å². The summed E-state index contributed by atoms with van der Waals surface area (Å²) in [6.45, 7) is 0.624. The van der Waals surface area contributed by atoms with Gasteiger partial charge in [-0.3, -0.25) is 4.79 Å². The van der Waals surface area contributed by atoms with Crippen LogP contribution in [0.25, 0.3) is 11.3 Å². The zero-order chi connectivity index (χ0) is 14.1. The molecule has 1 unspecified atom stereocenters. The van der Waals surface area contributed by atoms with E-state index in [9.17, 15) is 4.79 Å². The van der Waals surface area contributed by atoms with Gasteiger partial charge in [-0.2, -0.15) is 0 Å². The number of fused-ring (bicyclic) bond motifs is 1. The first-order valence-electron chi connectivity index (χ1n) is 6.58. The van der Waals surface area contributed by atoms with Crippen LogP contribution in [0.2, 0.25) is 5.02 Å². The number of carbonyl (C=O) groups excluding carboxylic acids is 1. The predicted molar refractivity (Wildman–Crippen MR) is 76.5 cm³/mol. The van der Waals surface area contributed by atoms with E-state index in [4.69, 9.17) is 16.3 Å². The van der Waals surface area contributed by atoms with Gasteiger partial charge in [-0.05, 0) is 12.5 Å². The van der Waals surface area contributed by atoms with Crippen LogP contribution in [-0.2, 0) is 22.5 Å². The van der Waals surface area contributed by atoms with Gasteiger partial charge in [0.2, 0.25) is 0 Å². The van der Waals surface area contributed by atoms with Gasteiger partial charge in [0.25, 0.3) is 0 Å². The summed E-state index contributed by atoms with van der Waals surface area (Å²) < 4.78 is 6.85. The van der Waals surface area contributed by atoms with E-state index in [0.29, 0.717) is 11.6 Å². The van der Waals surface area contributed by atoms with Crippen molar-refractivity contribution < 1.29 is 9.53 Å². The molecule has 4 nitrogen and oxygen atoms in total. The summed E-state index contributed by atoms with van der Waals surface area (Å²) in [5.41, 5.74) is 1.78. The van der Waals surface area contributed by atoms with Gasteiger partial charge >= 0.3 is 5.97 Å². The Kier molecular flexibility index (Phi) is 3.49. The number of hydrogen-bond donors (Lipinski definition) is 0. The van der Waals surface area contributed by atoms with E-state index in [1.165, 1.54) is 7.11 Å². The lowest BCUT2D eigenvalue weighted by atomic mass is 10.00. The van der Waals surface area contributed by atoms with Crippen LogP contribution in [0.5, 0.6) is 0 Å². The second-order valence-corrected chi connectivity index (χ2v) is 5.34. The minimum atomic E-state index is -0.149. The van der Waals surface area contributed by atoms with E-state index in [1.807, 2.05) is 35.0 Å². The van der Waals surface area contributed by atoms with Crippen LogP contribution in [-0.4, -0.2) is 22.6 Å². The maximum Gasteiger partial charge on any atom is 0.310 e. The van der Waals surface area contributed by atoms with Crippen LogP contribution in [0.3, 0.4) is 0 Å². The Morgan fingerprint density at radius 2 is 2.25 bits per heavy atom. The minimum absolute atomic E-state index is 0.0826. The number of rotatable bonds is 2. The van der Waals surface area contributed by atoms with E-state index in [2.05, 4.69) is 4.98 Å². The van der Waals surface area contributed by atoms with Gasteiger partial charge in [-0.1, -0.05) is 29.8 Å². The number of aromatic nitrogens is 2. The standard InChI is InChI=1S/C15H15ClN2O2/c1-20-15(19)10-6-7-14-17-13(9-18(14)8-10)11-4-2-3-5-12(11)16/h2-5,9-10H,6-8H2,1H3. The highest BCUT2D eigenvalue weighted by molar-refractivity contribution is 6.33. The van der Waals surface area contributed by atoms with Gasteiger partial charge in [0.1, 0.15) is 5.82 Å². The number of carbonyl (C=O) groups is 1. The SMILES string of the molecule is COC(=O)C1CCc2nc(-c3ccccc3Cl)cn2C1. The lowest BCUT2D eigenvalue weighted by molar-refractivity contribution is -0.146. The maximum atomic E-state index is 11.6. The van der Waals surface area contributed by atoms with Crippen molar-refractivity contribution in [3.8, 4) is 11.3 Å². The van der Waals surface area contributed by atoms with E-state index >= 15 is 0 Å². The Bertz CT molecular complexity index is 651. The molecule has 104 valence electrons. The highest BCUT2D eigenvalue weighted by atomic mass is 35.5. The van der Waals surface area contributed by atoms with Crippen molar-refractivity contribution in [1.29, 1.82) is 0 Å². The van der Waals surface area contributed by atoms with Crippen LogP contribution in [0.4, 0.5) is 0 Å². The molecule has 0 N–H and O–H groups in total. The number of esters is 1. The van der Waals surface area contributed by atoms with Crippen LogP contribution in [0.15, 0.2) is 30.5 Å². The van der Waals surface area contributed by atoms with Crippen LogP contribution < -0.4 is 0 Å². The van der Waals surface area contributed by atoms with Crippen molar-refractivity contribution in [1.82, 2.24) is 9.55 Å². The normalized spacial score (nSPS) is 17.6. The van der Waals surface area contributed by atoms with Crippen molar-refractivity contribution >= 4 is 17.6 Å². The maximum absolute atomic E-state index is 11.6. The van der Waals surface area contributed by atoms with Crippen LogP contribution >= 0.6 is 11.6 Å². The quantitative estimate of drug-likeness (QED) is 0.799. The smallest absolute Gasteiger partial charge is 0.310 e. The lowest BCUT2D eigenvalue weighted by Gasteiger charge is -2.21. The van der Waals surface area contributed by atoms with Crippen molar-refractivity contribution in [2.45, 2.75) is 19.4 Å². The van der Waals surface area contributed by atoms with E-state index < -0.39 is 0 Å². The fraction of sp³-hybridized carbons (Fsp3) is 0.333. The monoisotopic (exact) mass is 290 g/mol. The average Bonchev–Trinajstić information content (AvgIpc) is 2.89. The molecule has 1 aromatic carbocycles. The topological polar surface area (TPSA) is 44.1 Å². The molecule has 0 radical (unpaired) electrons. The highest BCUT2D eigenvalue weighted by Crippen LogP contribution is 2.29. The number of imidazole rings is 1. The predicted octanol–water partition coefficient (Wildman–Crippen LogP) is 2.94. The fourth-order valence-corrected chi connectivity index (χ4v) is 2.83. The first-order chi connectivity index (χ1) is 9.69. The molecule has 0 saturated heterocycles. The number of nitrogens with zero attached hydrogens (tertiary/aromatic N) is 2. The number of hydrogen-bond acceptors (Lipinski definition) is 3. The molecular weight excluding hydrogens is 276 g/mol.